The van der Waals surface area contributed by atoms with E-state index in [1.807, 2.05) is 13.8 Å². The molecule has 2 aromatic carbocycles. The molecule has 0 aromatic heterocycles. The number of nitrogens with one attached hydrogen (secondary N) is 1. The van der Waals surface area contributed by atoms with E-state index in [0.717, 1.165) is 11.1 Å². The molecule has 0 aliphatic rings. The van der Waals surface area contributed by atoms with Crippen LogP contribution >= 0.6 is 11.6 Å². The van der Waals surface area contributed by atoms with Crippen molar-refractivity contribution >= 4 is 33.0 Å². The Balaban J connectivity index is 2.35. The first-order valence-corrected chi connectivity index (χ1v) is 7.81. The minimum absolute atomic E-state index is 0.216. The number of sulfonamides is 1. The minimum atomic E-state index is -3.63. The van der Waals surface area contributed by atoms with Gasteiger partial charge in [-0.05, 0) is 55.3 Å². The molecule has 0 amide bonds. The van der Waals surface area contributed by atoms with Crippen molar-refractivity contribution in [2.75, 3.05) is 10.5 Å². The molecule has 0 saturated carbocycles. The molecule has 0 bridgehead atoms. The molecule has 0 radical (unpaired) electrons. The second kappa shape index (κ2) is 5.34. The Morgan fingerprint density at radius 2 is 1.75 bits per heavy atom. The van der Waals surface area contributed by atoms with E-state index >= 15 is 0 Å². The molecule has 0 aliphatic carbocycles. The fourth-order valence-corrected chi connectivity index (χ4v) is 3.00. The van der Waals surface area contributed by atoms with Crippen LogP contribution in [0.1, 0.15) is 11.1 Å². The molecular formula is C14H15ClN2O2S. The van der Waals surface area contributed by atoms with Gasteiger partial charge in [0.05, 0.1) is 21.3 Å². The first-order chi connectivity index (χ1) is 9.29. The fourth-order valence-electron chi connectivity index (χ4n) is 1.69. The molecule has 2 rings (SSSR count). The Kier molecular flexibility index (Phi) is 3.92. The molecule has 0 fully saturated rings. The Morgan fingerprint density at radius 3 is 2.35 bits per heavy atom. The normalized spacial score (nSPS) is 11.3. The number of hydrogen-bond acceptors (Lipinski definition) is 3. The van der Waals surface area contributed by atoms with Gasteiger partial charge in [0, 0.05) is 0 Å². The highest BCUT2D eigenvalue weighted by Crippen LogP contribution is 2.25. The van der Waals surface area contributed by atoms with Gasteiger partial charge in [0.2, 0.25) is 0 Å². The van der Waals surface area contributed by atoms with E-state index in [9.17, 15) is 8.42 Å². The number of nitrogen functional groups attached to an aromatic ring is 1. The van der Waals surface area contributed by atoms with Gasteiger partial charge >= 0.3 is 0 Å². The molecule has 0 atom stereocenters. The van der Waals surface area contributed by atoms with Crippen LogP contribution in [0, 0.1) is 13.8 Å². The molecule has 106 valence electrons. The number of rotatable bonds is 3. The van der Waals surface area contributed by atoms with Crippen molar-refractivity contribution in [3.63, 3.8) is 0 Å². The summed E-state index contributed by atoms with van der Waals surface area (Å²) in [7, 11) is -3.63. The van der Waals surface area contributed by atoms with Gasteiger partial charge in [-0.15, -0.1) is 0 Å². The molecule has 4 nitrogen and oxygen atoms in total. The Morgan fingerprint density at radius 1 is 1.05 bits per heavy atom. The summed E-state index contributed by atoms with van der Waals surface area (Å²) in [6, 6.07) is 9.59. The van der Waals surface area contributed by atoms with E-state index in [1.165, 1.54) is 6.07 Å². The van der Waals surface area contributed by atoms with Crippen LogP contribution in [0.3, 0.4) is 0 Å². The van der Waals surface area contributed by atoms with E-state index in [2.05, 4.69) is 4.72 Å². The minimum Gasteiger partial charge on any atom is -0.398 e. The predicted octanol–water partition coefficient (Wildman–Crippen LogP) is 3.34. The summed E-state index contributed by atoms with van der Waals surface area (Å²) in [6.07, 6.45) is 0. The molecule has 0 spiro atoms. The number of halogens is 1. The second-order valence-corrected chi connectivity index (χ2v) is 6.68. The van der Waals surface area contributed by atoms with Crippen LogP contribution in [-0.2, 0) is 10.0 Å². The first kappa shape index (κ1) is 14.7. The zero-order valence-electron chi connectivity index (χ0n) is 11.1. The van der Waals surface area contributed by atoms with Crippen molar-refractivity contribution in [1.29, 1.82) is 0 Å². The van der Waals surface area contributed by atoms with Gasteiger partial charge in [-0.3, -0.25) is 4.72 Å². The predicted molar refractivity (Wildman–Crippen MR) is 82.6 cm³/mol. The lowest BCUT2D eigenvalue weighted by Gasteiger charge is -2.10. The standard InChI is InChI=1S/C14H15ClN2O2S/c1-9-3-5-12(7-10(9)2)20(18,19)17-11-4-6-14(16)13(15)8-11/h3-8,17H,16H2,1-2H3. The highest BCUT2D eigenvalue weighted by Gasteiger charge is 2.15. The zero-order valence-corrected chi connectivity index (χ0v) is 12.7. The van der Waals surface area contributed by atoms with Gasteiger partial charge in [-0.25, -0.2) is 8.42 Å². The third-order valence-corrected chi connectivity index (χ3v) is 4.75. The van der Waals surface area contributed by atoms with Crippen molar-refractivity contribution in [1.82, 2.24) is 0 Å². The molecule has 3 N–H and O–H groups in total. The van der Waals surface area contributed by atoms with Crippen LogP contribution in [0.4, 0.5) is 11.4 Å². The van der Waals surface area contributed by atoms with Crippen molar-refractivity contribution in [2.45, 2.75) is 18.7 Å². The van der Waals surface area contributed by atoms with Crippen LogP contribution in [-0.4, -0.2) is 8.42 Å². The number of anilines is 2. The van der Waals surface area contributed by atoms with Crippen molar-refractivity contribution < 1.29 is 8.42 Å². The monoisotopic (exact) mass is 310 g/mol. The van der Waals surface area contributed by atoms with E-state index in [0.29, 0.717) is 16.4 Å². The summed E-state index contributed by atoms with van der Waals surface area (Å²) in [5, 5.41) is 0.310. The first-order valence-electron chi connectivity index (χ1n) is 5.95. The largest absolute Gasteiger partial charge is 0.398 e. The smallest absolute Gasteiger partial charge is 0.261 e. The Hall–Kier alpha value is -1.72. The van der Waals surface area contributed by atoms with Crippen LogP contribution in [0.5, 0.6) is 0 Å². The van der Waals surface area contributed by atoms with Gasteiger partial charge < -0.3 is 5.73 Å². The summed E-state index contributed by atoms with van der Waals surface area (Å²) in [5.74, 6) is 0. The maximum atomic E-state index is 12.3. The lowest BCUT2D eigenvalue weighted by molar-refractivity contribution is 0.601. The molecule has 20 heavy (non-hydrogen) atoms. The number of hydrogen-bond donors (Lipinski definition) is 2. The maximum absolute atomic E-state index is 12.3. The van der Waals surface area contributed by atoms with Crippen LogP contribution in [0.15, 0.2) is 41.3 Å². The van der Waals surface area contributed by atoms with Crippen LogP contribution < -0.4 is 10.5 Å². The van der Waals surface area contributed by atoms with E-state index in [4.69, 9.17) is 17.3 Å². The number of nitrogens with two attached hydrogens (primary N) is 1. The molecule has 0 heterocycles. The lowest BCUT2D eigenvalue weighted by Crippen LogP contribution is -2.13. The van der Waals surface area contributed by atoms with E-state index in [1.54, 1.807) is 30.3 Å². The Labute approximate surface area is 123 Å². The topological polar surface area (TPSA) is 72.2 Å². The summed E-state index contributed by atoms with van der Waals surface area (Å²) >= 11 is 5.87. The summed E-state index contributed by atoms with van der Waals surface area (Å²) in [4.78, 5) is 0.216. The fraction of sp³-hybridized carbons (Fsp3) is 0.143. The van der Waals surface area contributed by atoms with E-state index < -0.39 is 10.0 Å². The van der Waals surface area contributed by atoms with Gasteiger partial charge in [-0.2, -0.15) is 0 Å². The maximum Gasteiger partial charge on any atom is 0.261 e. The van der Waals surface area contributed by atoms with Crippen molar-refractivity contribution in [3.05, 3.63) is 52.5 Å². The number of benzene rings is 2. The zero-order chi connectivity index (χ0) is 14.9. The lowest BCUT2D eigenvalue weighted by atomic mass is 10.1. The molecule has 6 heteroatoms. The van der Waals surface area contributed by atoms with Gasteiger partial charge in [-0.1, -0.05) is 17.7 Å². The van der Waals surface area contributed by atoms with Crippen molar-refractivity contribution in [2.24, 2.45) is 0 Å². The molecular weight excluding hydrogens is 296 g/mol. The third-order valence-electron chi connectivity index (χ3n) is 3.04. The SMILES string of the molecule is Cc1ccc(S(=O)(=O)Nc2ccc(N)c(Cl)c2)cc1C. The van der Waals surface area contributed by atoms with Gasteiger partial charge in [0.15, 0.2) is 0 Å². The highest BCUT2D eigenvalue weighted by molar-refractivity contribution is 7.92. The molecule has 2 aromatic rings. The van der Waals surface area contributed by atoms with Gasteiger partial charge in [0.25, 0.3) is 10.0 Å². The summed E-state index contributed by atoms with van der Waals surface area (Å²) in [5.41, 5.74) is 8.33. The molecule has 0 saturated heterocycles. The quantitative estimate of drug-likeness (QED) is 0.854. The van der Waals surface area contributed by atoms with Crippen LogP contribution in [0.25, 0.3) is 0 Å². The van der Waals surface area contributed by atoms with E-state index in [-0.39, 0.29) is 4.90 Å². The Bertz CT molecular complexity index is 758. The summed E-state index contributed by atoms with van der Waals surface area (Å²) < 4.78 is 27.0. The summed E-state index contributed by atoms with van der Waals surface area (Å²) in [6.45, 7) is 3.80. The molecule has 0 unspecified atom stereocenters. The third kappa shape index (κ3) is 3.05. The molecule has 0 aliphatic heterocycles. The second-order valence-electron chi connectivity index (χ2n) is 4.59. The highest BCUT2D eigenvalue weighted by atomic mass is 35.5. The number of aryl methyl sites for hydroxylation is 2. The van der Waals surface area contributed by atoms with Crippen molar-refractivity contribution in [3.8, 4) is 0 Å². The average molecular weight is 311 g/mol. The van der Waals surface area contributed by atoms with Gasteiger partial charge in [0.1, 0.15) is 0 Å². The average Bonchev–Trinajstić information content (AvgIpc) is 2.37. The van der Waals surface area contributed by atoms with Crippen LogP contribution in [0.2, 0.25) is 5.02 Å².